The number of nitro groups is 1. The predicted molar refractivity (Wildman–Crippen MR) is 103 cm³/mol. The summed E-state index contributed by atoms with van der Waals surface area (Å²) >= 11 is 0. The molecule has 1 unspecified atom stereocenters. The Labute approximate surface area is 167 Å². The van der Waals surface area contributed by atoms with Crippen LogP contribution >= 0.6 is 0 Å². The Hall–Kier alpha value is -3.18. The first-order valence-electron chi connectivity index (χ1n) is 8.70. The molecule has 29 heavy (non-hydrogen) atoms. The van der Waals surface area contributed by atoms with Gasteiger partial charge in [-0.05, 0) is 30.5 Å². The van der Waals surface area contributed by atoms with Crippen molar-refractivity contribution in [2.24, 2.45) is 5.92 Å². The average Bonchev–Trinajstić information content (AvgIpc) is 3.16. The lowest BCUT2D eigenvalue weighted by molar-refractivity contribution is -0.385. The van der Waals surface area contributed by atoms with Crippen molar-refractivity contribution >= 4 is 15.7 Å². The third-order valence-corrected chi connectivity index (χ3v) is 5.85. The smallest absolute Gasteiger partial charge is 0.270 e. The number of non-ortho nitro benzene ring substituents is 1. The Morgan fingerprint density at radius 1 is 1.17 bits per heavy atom. The monoisotopic (exact) mass is 417 g/mol. The zero-order valence-corrected chi connectivity index (χ0v) is 16.8. The second-order valence-corrected chi connectivity index (χ2v) is 8.42. The van der Waals surface area contributed by atoms with Gasteiger partial charge in [-0.15, -0.1) is 0 Å². The number of hydrogen-bond acceptors (Lipinski definition) is 8. The van der Waals surface area contributed by atoms with E-state index in [1.807, 2.05) is 0 Å². The minimum atomic E-state index is -4.09. The number of sulfonamides is 1. The van der Waals surface area contributed by atoms with Gasteiger partial charge in [0.15, 0.2) is 0 Å². The van der Waals surface area contributed by atoms with Crippen LogP contribution in [0.1, 0.15) is 31.3 Å². The van der Waals surface area contributed by atoms with Gasteiger partial charge in [-0.25, -0.2) is 8.42 Å². The maximum absolute atomic E-state index is 13.0. The highest BCUT2D eigenvalue weighted by atomic mass is 32.2. The SMILES string of the molecule is Cc1ccc([N+](=O)[O-])cc1S(=O)(=O)NC(c1nc(-c2ccncc2)no1)C(C)C. The lowest BCUT2D eigenvalue weighted by atomic mass is 10.1. The van der Waals surface area contributed by atoms with Gasteiger partial charge in [-0.1, -0.05) is 25.1 Å². The van der Waals surface area contributed by atoms with Crippen molar-refractivity contribution in [1.82, 2.24) is 19.8 Å². The van der Waals surface area contributed by atoms with Gasteiger partial charge in [0, 0.05) is 30.1 Å². The van der Waals surface area contributed by atoms with Crippen LogP contribution in [0.15, 0.2) is 52.1 Å². The Morgan fingerprint density at radius 3 is 2.48 bits per heavy atom. The van der Waals surface area contributed by atoms with Gasteiger partial charge in [0.2, 0.25) is 21.7 Å². The standard InChI is InChI=1S/C18H19N5O5S/c1-11(2)16(18-20-17(21-28-18)13-6-8-19-9-7-13)22-29(26,27)15-10-14(23(24)25)5-4-12(15)3/h4-11,16,22H,1-3H3. The van der Waals surface area contributed by atoms with Crippen LogP contribution in [0.3, 0.4) is 0 Å². The first kappa shape index (κ1) is 20.6. The maximum atomic E-state index is 13.0. The Morgan fingerprint density at radius 2 is 1.86 bits per heavy atom. The quantitative estimate of drug-likeness (QED) is 0.457. The molecule has 1 atom stereocenters. The lowest BCUT2D eigenvalue weighted by Crippen LogP contribution is -2.32. The first-order valence-corrected chi connectivity index (χ1v) is 10.2. The summed E-state index contributed by atoms with van der Waals surface area (Å²) in [6.45, 7) is 5.16. The van der Waals surface area contributed by atoms with Gasteiger partial charge in [-0.2, -0.15) is 9.71 Å². The van der Waals surface area contributed by atoms with Crippen LogP contribution in [0.2, 0.25) is 0 Å². The molecule has 0 radical (unpaired) electrons. The molecule has 0 saturated carbocycles. The summed E-state index contributed by atoms with van der Waals surface area (Å²) < 4.78 is 33.8. The molecule has 0 saturated heterocycles. The number of rotatable bonds is 7. The number of nitrogens with zero attached hydrogens (tertiary/aromatic N) is 4. The van der Waals surface area contributed by atoms with Crippen LogP contribution in [-0.4, -0.2) is 28.5 Å². The van der Waals surface area contributed by atoms with Crippen molar-refractivity contribution in [1.29, 1.82) is 0 Å². The Kier molecular flexibility index (Phi) is 5.71. The zero-order valence-electron chi connectivity index (χ0n) is 15.9. The predicted octanol–water partition coefficient (Wildman–Crippen LogP) is 3.02. The molecule has 0 aliphatic rings. The highest BCUT2D eigenvalue weighted by Gasteiger charge is 2.30. The van der Waals surface area contributed by atoms with Gasteiger partial charge in [0.05, 0.1) is 9.82 Å². The van der Waals surface area contributed by atoms with Crippen LogP contribution in [0, 0.1) is 23.0 Å². The zero-order chi connectivity index (χ0) is 21.2. The highest BCUT2D eigenvalue weighted by Crippen LogP contribution is 2.27. The molecule has 0 fully saturated rings. The molecule has 3 aromatic rings. The summed E-state index contributed by atoms with van der Waals surface area (Å²) in [5.74, 6) is 0.173. The number of aryl methyl sites for hydroxylation is 1. The van der Waals surface area contributed by atoms with Crippen LogP contribution in [0.25, 0.3) is 11.4 Å². The summed E-state index contributed by atoms with van der Waals surface area (Å²) in [5.41, 5.74) is 0.748. The number of hydrogen-bond donors (Lipinski definition) is 1. The van der Waals surface area contributed by atoms with E-state index in [4.69, 9.17) is 4.52 Å². The third kappa shape index (κ3) is 4.46. The van der Waals surface area contributed by atoms with Gasteiger partial charge >= 0.3 is 0 Å². The van der Waals surface area contributed by atoms with Crippen molar-refractivity contribution in [3.63, 3.8) is 0 Å². The molecule has 152 valence electrons. The van der Waals surface area contributed by atoms with E-state index in [1.54, 1.807) is 45.3 Å². The minimum absolute atomic E-state index is 0.0958. The summed E-state index contributed by atoms with van der Waals surface area (Å²) in [6, 6.07) is 6.27. The van der Waals surface area contributed by atoms with Crippen molar-refractivity contribution < 1.29 is 17.9 Å². The Balaban J connectivity index is 1.95. The van der Waals surface area contributed by atoms with Crippen LogP contribution in [0.4, 0.5) is 5.69 Å². The van der Waals surface area contributed by atoms with Crippen molar-refractivity contribution in [2.75, 3.05) is 0 Å². The normalized spacial score (nSPS) is 12.8. The summed E-state index contributed by atoms with van der Waals surface area (Å²) in [7, 11) is -4.09. The minimum Gasteiger partial charge on any atom is -0.337 e. The highest BCUT2D eigenvalue weighted by molar-refractivity contribution is 7.89. The number of nitrogens with one attached hydrogen (secondary N) is 1. The molecule has 0 aliphatic carbocycles. The van der Waals surface area contributed by atoms with E-state index in [1.165, 1.54) is 12.1 Å². The van der Waals surface area contributed by atoms with Crippen LogP contribution in [-0.2, 0) is 10.0 Å². The fourth-order valence-corrected chi connectivity index (χ4v) is 4.28. The first-order chi connectivity index (χ1) is 13.7. The average molecular weight is 417 g/mol. The van der Waals surface area contributed by atoms with Crippen molar-refractivity contribution in [3.8, 4) is 11.4 Å². The molecule has 2 heterocycles. The van der Waals surface area contributed by atoms with E-state index in [2.05, 4.69) is 19.8 Å². The molecule has 1 aromatic carbocycles. The summed E-state index contributed by atoms with van der Waals surface area (Å²) in [4.78, 5) is 18.4. The van der Waals surface area contributed by atoms with Gasteiger partial charge in [0.25, 0.3) is 5.69 Å². The number of benzene rings is 1. The lowest BCUT2D eigenvalue weighted by Gasteiger charge is -2.19. The molecule has 10 nitrogen and oxygen atoms in total. The summed E-state index contributed by atoms with van der Waals surface area (Å²) in [5, 5.41) is 14.9. The fourth-order valence-electron chi connectivity index (χ4n) is 2.67. The second kappa shape index (κ2) is 8.05. The molecule has 11 heteroatoms. The Bertz CT molecular complexity index is 1130. The van der Waals surface area contributed by atoms with Crippen LogP contribution in [0.5, 0.6) is 0 Å². The third-order valence-electron chi connectivity index (χ3n) is 4.27. The molecule has 0 bridgehead atoms. The summed E-state index contributed by atoms with van der Waals surface area (Å²) in [6.07, 6.45) is 3.16. The van der Waals surface area contributed by atoms with E-state index in [9.17, 15) is 18.5 Å². The maximum Gasteiger partial charge on any atom is 0.270 e. The number of pyridine rings is 1. The molecular formula is C18H19N5O5S. The molecule has 2 aromatic heterocycles. The number of aromatic nitrogens is 3. The molecule has 0 aliphatic heterocycles. The van der Waals surface area contributed by atoms with E-state index in [0.717, 1.165) is 6.07 Å². The topological polar surface area (TPSA) is 141 Å². The van der Waals surface area contributed by atoms with Gasteiger partial charge < -0.3 is 4.52 Å². The van der Waals surface area contributed by atoms with Crippen LogP contribution < -0.4 is 4.72 Å². The number of nitro benzene ring substituents is 1. The van der Waals surface area contributed by atoms with Crippen molar-refractivity contribution in [2.45, 2.75) is 31.7 Å². The molecule has 0 amide bonds. The molecule has 1 N–H and O–H groups in total. The van der Waals surface area contributed by atoms with Crippen molar-refractivity contribution in [3.05, 3.63) is 64.3 Å². The molecule has 0 spiro atoms. The fraction of sp³-hybridized carbons (Fsp3) is 0.278. The largest absolute Gasteiger partial charge is 0.337 e. The van der Waals surface area contributed by atoms with Gasteiger partial charge in [0.1, 0.15) is 6.04 Å². The molecular weight excluding hydrogens is 398 g/mol. The van der Waals surface area contributed by atoms with E-state index in [0.29, 0.717) is 17.0 Å². The van der Waals surface area contributed by atoms with Gasteiger partial charge in [-0.3, -0.25) is 15.1 Å². The van der Waals surface area contributed by atoms with E-state index >= 15 is 0 Å². The van der Waals surface area contributed by atoms with E-state index in [-0.39, 0.29) is 22.4 Å². The second-order valence-electron chi connectivity index (χ2n) is 6.74. The molecule has 3 rings (SSSR count). The van der Waals surface area contributed by atoms with E-state index < -0.39 is 21.0 Å².